The molecule has 17 heavy (non-hydrogen) atoms. The SMILES string of the molecule is Cc1sc(Br)cc1C(O)c1cccc(F)c1Br. The summed E-state index contributed by atoms with van der Waals surface area (Å²) < 4.78 is 14.7. The first-order chi connectivity index (χ1) is 8.00. The normalized spacial score (nSPS) is 12.8. The Morgan fingerprint density at radius 1 is 1.29 bits per heavy atom. The van der Waals surface area contributed by atoms with Crippen LogP contribution in [0, 0.1) is 12.7 Å². The first kappa shape index (κ1) is 13.2. The van der Waals surface area contributed by atoms with Gasteiger partial charge in [0.2, 0.25) is 0 Å². The van der Waals surface area contributed by atoms with Crippen LogP contribution in [-0.4, -0.2) is 5.11 Å². The molecular weight excluding hydrogens is 371 g/mol. The lowest BCUT2D eigenvalue weighted by Gasteiger charge is -2.13. The predicted octanol–water partition coefficient (Wildman–Crippen LogP) is 4.80. The molecule has 90 valence electrons. The monoisotopic (exact) mass is 378 g/mol. The molecule has 0 saturated carbocycles. The molecule has 2 aromatic rings. The predicted molar refractivity (Wildman–Crippen MR) is 74.9 cm³/mol. The number of aryl methyl sites for hydroxylation is 1. The Balaban J connectivity index is 2.47. The molecule has 0 bridgehead atoms. The van der Waals surface area contributed by atoms with Crippen molar-refractivity contribution in [3.05, 3.63) is 54.3 Å². The summed E-state index contributed by atoms with van der Waals surface area (Å²) in [5, 5.41) is 10.3. The summed E-state index contributed by atoms with van der Waals surface area (Å²) in [5.74, 6) is -0.367. The van der Waals surface area contributed by atoms with Crippen molar-refractivity contribution in [2.45, 2.75) is 13.0 Å². The van der Waals surface area contributed by atoms with Gasteiger partial charge in [0, 0.05) is 10.4 Å². The lowest BCUT2D eigenvalue weighted by Crippen LogP contribution is -2.01. The number of thiophene rings is 1. The molecule has 0 aliphatic heterocycles. The summed E-state index contributed by atoms with van der Waals surface area (Å²) in [6, 6.07) is 6.52. The number of aliphatic hydroxyl groups excluding tert-OH is 1. The van der Waals surface area contributed by atoms with Gasteiger partial charge in [-0.25, -0.2) is 4.39 Å². The van der Waals surface area contributed by atoms with Gasteiger partial charge in [0.1, 0.15) is 11.9 Å². The van der Waals surface area contributed by atoms with Gasteiger partial charge in [0.25, 0.3) is 0 Å². The van der Waals surface area contributed by atoms with Crippen molar-refractivity contribution in [2.75, 3.05) is 0 Å². The number of benzene rings is 1. The highest BCUT2D eigenvalue weighted by molar-refractivity contribution is 9.11. The fourth-order valence-corrected chi connectivity index (χ4v) is 3.85. The van der Waals surface area contributed by atoms with Crippen LogP contribution >= 0.6 is 43.2 Å². The molecule has 1 aromatic heterocycles. The first-order valence-corrected chi connectivity index (χ1v) is 7.28. The van der Waals surface area contributed by atoms with Gasteiger partial charge in [-0.05, 0) is 56.5 Å². The highest BCUT2D eigenvalue weighted by Gasteiger charge is 2.19. The van der Waals surface area contributed by atoms with Gasteiger partial charge < -0.3 is 5.11 Å². The molecule has 5 heteroatoms. The van der Waals surface area contributed by atoms with Crippen molar-refractivity contribution >= 4 is 43.2 Å². The van der Waals surface area contributed by atoms with Crippen LogP contribution in [0.1, 0.15) is 22.1 Å². The highest BCUT2D eigenvalue weighted by Crippen LogP contribution is 2.36. The van der Waals surface area contributed by atoms with E-state index in [4.69, 9.17) is 0 Å². The number of hydrogen-bond donors (Lipinski definition) is 1. The second-order valence-electron chi connectivity index (χ2n) is 3.61. The molecule has 0 fully saturated rings. The second-order valence-corrected chi connectivity index (χ2v) is 7.04. The summed E-state index contributed by atoms with van der Waals surface area (Å²) in [7, 11) is 0. The Morgan fingerprint density at radius 3 is 2.59 bits per heavy atom. The summed E-state index contributed by atoms with van der Waals surface area (Å²) in [5.41, 5.74) is 1.34. The minimum absolute atomic E-state index is 0.314. The first-order valence-electron chi connectivity index (χ1n) is 4.88. The van der Waals surface area contributed by atoms with Crippen molar-refractivity contribution in [3.8, 4) is 0 Å². The van der Waals surface area contributed by atoms with Gasteiger partial charge in [-0.3, -0.25) is 0 Å². The minimum Gasteiger partial charge on any atom is -0.384 e. The largest absolute Gasteiger partial charge is 0.384 e. The molecule has 1 N–H and O–H groups in total. The van der Waals surface area contributed by atoms with E-state index in [-0.39, 0.29) is 5.82 Å². The zero-order valence-electron chi connectivity index (χ0n) is 8.88. The van der Waals surface area contributed by atoms with Crippen molar-refractivity contribution in [3.63, 3.8) is 0 Å². The fraction of sp³-hybridized carbons (Fsp3) is 0.167. The quantitative estimate of drug-likeness (QED) is 0.794. The van der Waals surface area contributed by atoms with Gasteiger partial charge in [-0.2, -0.15) is 0 Å². The summed E-state index contributed by atoms with van der Waals surface area (Å²) in [6.45, 7) is 1.93. The van der Waals surface area contributed by atoms with E-state index in [0.29, 0.717) is 10.0 Å². The van der Waals surface area contributed by atoms with E-state index in [1.165, 1.54) is 6.07 Å². The Morgan fingerprint density at radius 2 is 2.00 bits per heavy atom. The summed E-state index contributed by atoms with van der Waals surface area (Å²) in [4.78, 5) is 1.01. The third kappa shape index (κ3) is 2.62. The van der Waals surface area contributed by atoms with Gasteiger partial charge in [-0.1, -0.05) is 12.1 Å². The maximum absolute atomic E-state index is 13.4. The van der Waals surface area contributed by atoms with Crippen LogP contribution in [0.2, 0.25) is 0 Å². The Hall–Kier alpha value is -0.230. The average Bonchev–Trinajstić information content (AvgIpc) is 2.61. The smallest absolute Gasteiger partial charge is 0.137 e. The molecule has 1 heterocycles. The van der Waals surface area contributed by atoms with Crippen LogP contribution in [0.4, 0.5) is 4.39 Å². The van der Waals surface area contributed by atoms with E-state index in [1.807, 2.05) is 13.0 Å². The molecule has 2 rings (SSSR count). The van der Waals surface area contributed by atoms with Gasteiger partial charge in [-0.15, -0.1) is 11.3 Å². The lowest BCUT2D eigenvalue weighted by atomic mass is 10.0. The van der Waals surface area contributed by atoms with Crippen molar-refractivity contribution in [2.24, 2.45) is 0 Å². The van der Waals surface area contributed by atoms with E-state index >= 15 is 0 Å². The molecule has 0 aliphatic carbocycles. The van der Waals surface area contributed by atoms with E-state index in [0.717, 1.165) is 14.2 Å². The molecule has 0 saturated heterocycles. The van der Waals surface area contributed by atoms with Crippen molar-refractivity contribution in [1.29, 1.82) is 0 Å². The third-order valence-corrected chi connectivity index (χ3v) is 4.90. The number of rotatable bonds is 2. The second kappa shape index (κ2) is 5.18. The third-order valence-electron chi connectivity index (χ3n) is 2.50. The van der Waals surface area contributed by atoms with E-state index in [2.05, 4.69) is 31.9 Å². The van der Waals surface area contributed by atoms with E-state index in [1.54, 1.807) is 23.5 Å². The maximum atomic E-state index is 13.4. The van der Waals surface area contributed by atoms with Crippen LogP contribution in [0.5, 0.6) is 0 Å². The minimum atomic E-state index is -0.817. The van der Waals surface area contributed by atoms with Gasteiger partial charge in [0.15, 0.2) is 0 Å². The molecule has 1 nitrogen and oxygen atoms in total. The van der Waals surface area contributed by atoms with Crippen molar-refractivity contribution in [1.82, 2.24) is 0 Å². The topological polar surface area (TPSA) is 20.2 Å². The molecule has 0 amide bonds. The molecule has 1 atom stereocenters. The molecular formula is C12H9Br2FOS. The van der Waals surface area contributed by atoms with Gasteiger partial charge in [0.05, 0.1) is 8.26 Å². The number of hydrogen-bond acceptors (Lipinski definition) is 2. The maximum Gasteiger partial charge on any atom is 0.137 e. The van der Waals surface area contributed by atoms with Crippen LogP contribution in [0.25, 0.3) is 0 Å². The van der Waals surface area contributed by atoms with Crippen LogP contribution in [0.15, 0.2) is 32.5 Å². The van der Waals surface area contributed by atoms with Crippen LogP contribution in [-0.2, 0) is 0 Å². The van der Waals surface area contributed by atoms with Crippen molar-refractivity contribution < 1.29 is 9.50 Å². The molecule has 0 aliphatic rings. The Labute approximate surface area is 120 Å². The van der Waals surface area contributed by atoms with Crippen LogP contribution < -0.4 is 0 Å². The molecule has 0 radical (unpaired) electrons. The zero-order chi connectivity index (χ0) is 12.6. The fourth-order valence-electron chi connectivity index (χ4n) is 1.63. The Kier molecular flexibility index (Phi) is 4.02. The summed E-state index contributed by atoms with van der Waals surface area (Å²) >= 11 is 8.09. The Bertz CT molecular complexity index is 553. The molecule has 1 aromatic carbocycles. The molecule has 0 spiro atoms. The average molecular weight is 380 g/mol. The standard InChI is InChI=1S/C12H9Br2FOS/c1-6-8(5-10(13)17-6)12(16)7-3-2-4-9(15)11(7)14/h2-5,12,16H,1H3. The zero-order valence-corrected chi connectivity index (χ0v) is 12.9. The van der Waals surface area contributed by atoms with E-state index < -0.39 is 6.10 Å². The number of halogens is 3. The van der Waals surface area contributed by atoms with E-state index in [9.17, 15) is 9.50 Å². The highest BCUT2D eigenvalue weighted by atomic mass is 79.9. The molecule has 1 unspecified atom stereocenters. The van der Waals surface area contributed by atoms with Gasteiger partial charge >= 0.3 is 0 Å². The lowest BCUT2D eigenvalue weighted by molar-refractivity contribution is 0.218. The summed E-state index contributed by atoms with van der Waals surface area (Å²) in [6.07, 6.45) is -0.817. The number of aliphatic hydroxyl groups is 1. The van der Waals surface area contributed by atoms with Crippen LogP contribution in [0.3, 0.4) is 0 Å².